The highest BCUT2D eigenvalue weighted by Crippen LogP contribution is 2.31. The van der Waals surface area contributed by atoms with Crippen LogP contribution < -0.4 is 14.2 Å². The minimum Gasteiger partial charge on any atom is -0.486 e. The molecule has 1 atom stereocenters. The molecule has 0 saturated carbocycles. The maximum Gasteiger partial charge on any atom is 0.263 e. The van der Waals surface area contributed by atoms with E-state index >= 15 is 0 Å². The Morgan fingerprint density at radius 3 is 2.81 bits per heavy atom. The topological polar surface area (TPSA) is 95.3 Å². The molecule has 134 valence electrons. The highest BCUT2D eigenvalue weighted by Gasteiger charge is 2.22. The van der Waals surface area contributed by atoms with E-state index in [1.54, 1.807) is 16.9 Å². The third-order valence-electron chi connectivity index (χ3n) is 3.79. The quantitative estimate of drug-likeness (QED) is 0.735. The lowest BCUT2D eigenvalue weighted by atomic mass is 10.2. The summed E-state index contributed by atoms with van der Waals surface area (Å²) in [6.07, 6.45) is 5.65. The van der Waals surface area contributed by atoms with Crippen LogP contribution in [0.15, 0.2) is 66.1 Å². The van der Waals surface area contributed by atoms with Crippen molar-refractivity contribution < 1.29 is 17.9 Å². The number of nitrogens with one attached hydrogen (secondary N) is 1. The largest absolute Gasteiger partial charge is 0.486 e. The zero-order valence-corrected chi connectivity index (χ0v) is 14.5. The molecule has 0 saturated heterocycles. The molecule has 1 aliphatic rings. The Morgan fingerprint density at radius 2 is 2.00 bits per heavy atom. The van der Waals surface area contributed by atoms with E-state index in [0.717, 1.165) is 0 Å². The van der Waals surface area contributed by atoms with Gasteiger partial charge in [0, 0.05) is 18.6 Å². The van der Waals surface area contributed by atoms with Crippen LogP contribution in [0.2, 0.25) is 0 Å². The van der Waals surface area contributed by atoms with E-state index in [1.807, 2.05) is 24.3 Å². The maximum absolute atomic E-state index is 12.3. The van der Waals surface area contributed by atoms with Crippen LogP contribution in [0.3, 0.4) is 0 Å². The van der Waals surface area contributed by atoms with Gasteiger partial charge in [-0.15, -0.1) is 0 Å². The van der Waals surface area contributed by atoms with Gasteiger partial charge in [-0.1, -0.05) is 12.1 Å². The van der Waals surface area contributed by atoms with Crippen LogP contribution in [-0.4, -0.2) is 35.9 Å². The Bertz CT molecular complexity index is 1000. The molecule has 0 aliphatic carbocycles. The van der Waals surface area contributed by atoms with Gasteiger partial charge in [0.05, 0.1) is 18.4 Å². The number of benzene rings is 1. The van der Waals surface area contributed by atoms with Crippen molar-refractivity contribution in [2.75, 3.05) is 11.3 Å². The third kappa shape index (κ3) is 3.47. The van der Waals surface area contributed by atoms with Gasteiger partial charge in [-0.3, -0.25) is 14.4 Å². The first kappa shape index (κ1) is 16.4. The minimum atomic E-state index is -3.69. The number of ether oxygens (including phenoxy) is 2. The van der Waals surface area contributed by atoms with Gasteiger partial charge in [0.25, 0.3) is 10.0 Å². The maximum atomic E-state index is 12.3. The number of fused-ring (bicyclic) bond motifs is 1. The third-order valence-corrected chi connectivity index (χ3v) is 5.15. The molecule has 9 heteroatoms. The van der Waals surface area contributed by atoms with Crippen LogP contribution in [0, 0.1) is 0 Å². The summed E-state index contributed by atoms with van der Waals surface area (Å²) in [4.78, 5) is 3.91. The number of hydrogen-bond acceptors (Lipinski definition) is 6. The number of para-hydroxylation sites is 2. The summed E-state index contributed by atoms with van der Waals surface area (Å²) in [6, 6.07) is 10.5. The number of rotatable bonds is 5. The van der Waals surface area contributed by atoms with Crippen LogP contribution in [0.4, 0.5) is 5.69 Å². The number of sulfonamides is 1. The first-order valence-electron chi connectivity index (χ1n) is 7.94. The standard InChI is InChI=1S/C17H16N4O4S/c22-26(23,15-4-3-7-18-9-15)20-13-8-19-21(10-13)11-14-12-24-16-5-1-2-6-17(16)25-14/h1-10,14,20H,11-12H2/t14-/m1/s1. The second-order valence-electron chi connectivity index (χ2n) is 5.74. The second kappa shape index (κ2) is 6.68. The zero-order chi connectivity index (χ0) is 18.0. The van der Waals surface area contributed by atoms with Gasteiger partial charge in [0.1, 0.15) is 11.5 Å². The molecule has 2 aromatic heterocycles. The first-order chi connectivity index (χ1) is 12.6. The smallest absolute Gasteiger partial charge is 0.263 e. The fraction of sp³-hybridized carbons (Fsp3) is 0.176. The predicted octanol–water partition coefficient (Wildman–Crippen LogP) is 1.92. The normalized spacial score (nSPS) is 16.2. The molecule has 1 aliphatic heterocycles. The Kier molecular flexibility index (Phi) is 4.21. The molecule has 0 amide bonds. The van der Waals surface area contributed by atoms with Gasteiger partial charge in [-0.2, -0.15) is 5.10 Å². The van der Waals surface area contributed by atoms with Crippen LogP contribution >= 0.6 is 0 Å². The molecular formula is C17H16N4O4S. The van der Waals surface area contributed by atoms with Crippen LogP contribution in [0.1, 0.15) is 0 Å². The van der Waals surface area contributed by atoms with Crippen LogP contribution in [-0.2, 0) is 16.6 Å². The molecule has 1 N–H and O–H groups in total. The molecular weight excluding hydrogens is 356 g/mol. The van der Waals surface area contributed by atoms with E-state index in [2.05, 4.69) is 14.8 Å². The average molecular weight is 372 g/mol. The van der Waals surface area contributed by atoms with Crippen molar-refractivity contribution in [2.45, 2.75) is 17.5 Å². The molecule has 0 bridgehead atoms. The van der Waals surface area contributed by atoms with Crippen molar-refractivity contribution in [3.05, 3.63) is 61.2 Å². The van der Waals surface area contributed by atoms with Gasteiger partial charge >= 0.3 is 0 Å². The van der Waals surface area contributed by atoms with E-state index in [0.29, 0.717) is 30.3 Å². The highest BCUT2D eigenvalue weighted by molar-refractivity contribution is 7.92. The first-order valence-corrected chi connectivity index (χ1v) is 9.42. The van der Waals surface area contributed by atoms with Crippen LogP contribution in [0.25, 0.3) is 0 Å². The van der Waals surface area contributed by atoms with E-state index in [-0.39, 0.29) is 11.0 Å². The zero-order valence-electron chi connectivity index (χ0n) is 13.6. The van der Waals surface area contributed by atoms with Gasteiger partial charge < -0.3 is 9.47 Å². The molecule has 8 nitrogen and oxygen atoms in total. The van der Waals surface area contributed by atoms with E-state index in [1.165, 1.54) is 24.7 Å². The molecule has 0 spiro atoms. The van der Waals surface area contributed by atoms with Crippen LogP contribution in [0.5, 0.6) is 11.5 Å². The van der Waals surface area contributed by atoms with Gasteiger partial charge in [0.15, 0.2) is 17.6 Å². The molecule has 0 unspecified atom stereocenters. The monoisotopic (exact) mass is 372 g/mol. The van der Waals surface area contributed by atoms with Gasteiger partial charge in [-0.05, 0) is 24.3 Å². The van der Waals surface area contributed by atoms with E-state index < -0.39 is 10.0 Å². The number of aromatic nitrogens is 3. The van der Waals surface area contributed by atoms with Gasteiger partial charge in [-0.25, -0.2) is 8.42 Å². The van der Waals surface area contributed by atoms with Crippen molar-refractivity contribution in [1.82, 2.24) is 14.8 Å². The van der Waals surface area contributed by atoms with Gasteiger partial charge in [0.2, 0.25) is 0 Å². The minimum absolute atomic E-state index is 0.0911. The SMILES string of the molecule is O=S(=O)(Nc1cnn(C[C@@H]2COc3ccccc3O2)c1)c1cccnc1. The second-order valence-corrected chi connectivity index (χ2v) is 7.43. The molecule has 3 aromatic rings. The van der Waals surface area contributed by atoms with E-state index in [9.17, 15) is 8.42 Å². The Labute approximate surface area is 150 Å². The number of pyridine rings is 1. The lowest BCUT2D eigenvalue weighted by Gasteiger charge is -2.26. The Balaban J connectivity index is 1.43. The van der Waals surface area contributed by atoms with E-state index in [4.69, 9.17) is 9.47 Å². The molecule has 0 radical (unpaired) electrons. The summed E-state index contributed by atoms with van der Waals surface area (Å²) in [5, 5.41) is 4.18. The fourth-order valence-electron chi connectivity index (χ4n) is 2.60. The number of anilines is 1. The molecule has 0 fully saturated rings. The highest BCUT2D eigenvalue weighted by atomic mass is 32.2. The number of nitrogens with zero attached hydrogens (tertiary/aromatic N) is 3. The van der Waals surface area contributed by atoms with Crippen molar-refractivity contribution in [2.24, 2.45) is 0 Å². The number of hydrogen-bond donors (Lipinski definition) is 1. The summed E-state index contributed by atoms with van der Waals surface area (Å²) >= 11 is 0. The fourth-order valence-corrected chi connectivity index (χ4v) is 3.59. The molecule has 1 aromatic carbocycles. The molecule has 3 heterocycles. The summed E-state index contributed by atoms with van der Waals surface area (Å²) < 4.78 is 40.3. The predicted molar refractivity (Wildman–Crippen MR) is 93.6 cm³/mol. The summed E-state index contributed by atoms with van der Waals surface area (Å²) in [7, 11) is -3.69. The Hall–Kier alpha value is -3.07. The lowest BCUT2D eigenvalue weighted by molar-refractivity contribution is 0.0759. The summed E-state index contributed by atoms with van der Waals surface area (Å²) in [6.45, 7) is 0.830. The van der Waals surface area contributed by atoms with Crippen molar-refractivity contribution in [1.29, 1.82) is 0 Å². The average Bonchev–Trinajstić information content (AvgIpc) is 3.08. The van der Waals surface area contributed by atoms with Crippen molar-refractivity contribution in [3.8, 4) is 11.5 Å². The van der Waals surface area contributed by atoms with Crippen molar-refractivity contribution in [3.63, 3.8) is 0 Å². The Morgan fingerprint density at radius 1 is 1.15 bits per heavy atom. The molecule has 26 heavy (non-hydrogen) atoms. The van der Waals surface area contributed by atoms with Crippen molar-refractivity contribution >= 4 is 15.7 Å². The lowest BCUT2D eigenvalue weighted by Crippen LogP contribution is -2.33. The summed E-state index contributed by atoms with van der Waals surface area (Å²) in [5.74, 6) is 1.41. The summed E-state index contributed by atoms with van der Waals surface area (Å²) in [5.41, 5.74) is 0.367. The molecule has 4 rings (SSSR count).